The van der Waals surface area contributed by atoms with Crippen molar-refractivity contribution in [1.82, 2.24) is 9.99 Å². The van der Waals surface area contributed by atoms with Crippen molar-refractivity contribution < 1.29 is 26.3 Å². The molecule has 1 aliphatic rings. The lowest BCUT2D eigenvalue weighted by molar-refractivity contribution is -0.671. The third-order valence-corrected chi connectivity index (χ3v) is 6.15. The molecule has 0 bridgehead atoms. The van der Waals surface area contributed by atoms with Gasteiger partial charge < -0.3 is 22.3 Å². The van der Waals surface area contributed by atoms with Crippen molar-refractivity contribution in [2.24, 2.45) is 12.9 Å². The number of anilines is 1. The number of para-hydroxylation sites is 1. The largest absolute Gasteiger partial charge is 1.00 e. The molecule has 6 nitrogen and oxygen atoms in total. The lowest BCUT2D eigenvalue weighted by Crippen LogP contribution is -3.00. The van der Waals surface area contributed by atoms with Crippen LogP contribution >= 0.6 is 11.8 Å². The van der Waals surface area contributed by atoms with Crippen LogP contribution in [0.15, 0.2) is 43.0 Å². The summed E-state index contributed by atoms with van der Waals surface area (Å²) in [6.07, 6.45) is 12.0. The van der Waals surface area contributed by atoms with E-state index in [9.17, 15) is 4.79 Å². The fourth-order valence-electron chi connectivity index (χ4n) is 3.42. The van der Waals surface area contributed by atoms with Crippen molar-refractivity contribution in [1.29, 1.82) is 0 Å². The molecule has 1 amide bonds. The molecule has 1 aromatic carbocycles. The highest BCUT2D eigenvalue weighted by Crippen LogP contribution is 2.29. The van der Waals surface area contributed by atoms with Gasteiger partial charge in [-0.25, -0.2) is 14.6 Å². The Morgan fingerprint density at radius 1 is 1.33 bits per heavy atom. The first-order valence-corrected chi connectivity index (χ1v) is 10.2. The number of carbonyl (C=O) groups is 1. The van der Waals surface area contributed by atoms with E-state index in [0.717, 1.165) is 11.3 Å². The number of hydrogen-bond acceptors (Lipinski definition) is 4. The topological polar surface area (TPSA) is 76.0 Å². The maximum Gasteiger partial charge on any atom is 0.245 e. The molecule has 0 saturated heterocycles. The van der Waals surface area contributed by atoms with E-state index in [1.165, 1.54) is 32.1 Å². The molecule has 27 heavy (non-hydrogen) atoms. The number of hydrazine groups is 1. The second-order valence-electron chi connectivity index (χ2n) is 6.80. The fraction of sp³-hybridized carbons (Fsp3) is 0.474. The normalized spacial score (nSPS) is 15.8. The third-order valence-electron chi connectivity index (χ3n) is 4.78. The molecule has 148 valence electrons. The molecular formula is C19H28BrN5OS. The first-order valence-electron chi connectivity index (χ1n) is 9.16. The summed E-state index contributed by atoms with van der Waals surface area (Å²) < 4.78 is 3.92. The zero-order chi connectivity index (χ0) is 18.4. The first-order chi connectivity index (χ1) is 12.7. The van der Waals surface area contributed by atoms with Gasteiger partial charge in [-0.2, -0.15) is 0 Å². The number of benzene rings is 1. The Labute approximate surface area is 175 Å². The fourth-order valence-corrected chi connectivity index (χ4v) is 4.55. The van der Waals surface area contributed by atoms with Crippen LogP contribution in [0.1, 0.15) is 43.8 Å². The third kappa shape index (κ3) is 6.07. The number of thioether (sulfide) groups is 1. The predicted molar refractivity (Wildman–Crippen MR) is 105 cm³/mol. The summed E-state index contributed by atoms with van der Waals surface area (Å²) >= 11 is 1.78. The van der Waals surface area contributed by atoms with Crippen LogP contribution in [0.25, 0.3) is 0 Å². The number of aromatic nitrogens is 2. The minimum atomic E-state index is -0.251. The number of hydrogen-bond donors (Lipinski definition) is 3. The number of imidazole rings is 1. The van der Waals surface area contributed by atoms with Gasteiger partial charge in [-0.05, 0) is 18.9 Å². The average molecular weight is 454 g/mol. The van der Waals surface area contributed by atoms with Gasteiger partial charge in [0.2, 0.25) is 12.2 Å². The van der Waals surface area contributed by atoms with Crippen LogP contribution in [0.5, 0.6) is 0 Å². The molecule has 1 heterocycles. The molecule has 1 fully saturated rings. The van der Waals surface area contributed by atoms with Crippen LogP contribution in [0, 0.1) is 0 Å². The summed E-state index contributed by atoms with van der Waals surface area (Å²) in [6, 6.07) is 7.78. The van der Waals surface area contributed by atoms with Crippen LogP contribution in [-0.4, -0.2) is 21.5 Å². The van der Waals surface area contributed by atoms with E-state index in [1.807, 2.05) is 59.2 Å². The predicted octanol–water partition coefficient (Wildman–Crippen LogP) is -0.669. The Morgan fingerprint density at radius 2 is 2.07 bits per heavy atom. The van der Waals surface area contributed by atoms with Gasteiger partial charge in [-0.3, -0.25) is 10.6 Å². The minimum absolute atomic E-state index is 0. The second-order valence-corrected chi connectivity index (χ2v) is 8.09. The van der Waals surface area contributed by atoms with Crippen molar-refractivity contribution in [2.45, 2.75) is 43.5 Å². The van der Waals surface area contributed by atoms with Crippen molar-refractivity contribution in [3.05, 3.63) is 48.5 Å². The summed E-state index contributed by atoms with van der Waals surface area (Å²) in [7, 11) is 1.96. The number of nitrogens with zero attached hydrogens (tertiary/aromatic N) is 2. The van der Waals surface area contributed by atoms with E-state index < -0.39 is 0 Å². The standard InChI is InChI=1S/C19H27N5OS.BrH/c1-23-11-12-24(14-23)19(22-20)16-9-5-6-10-17(16)21-18(25)13-26-15-7-3-2-4-8-15;/h5-6,9-12,14-15,19,22H,2-4,7-8,13,20H2,1H3;1H. The van der Waals surface area contributed by atoms with Crippen molar-refractivity contribution >= 4 is 23.4 Å². The molecule has 1 aliphatic carbocycles. The van der Waals surface area contributed by atoms with Gasteiger partial charge in [0.25, 0.3) is 0 Å². The summed E-state index contributed by atoms with van der Waals surface area (Å²) in [4.78, 5) is 12.5. The maximum atomic E-state index is 12.5. The van der Waals surface area contributed by atoms with Crippen LogP contribution in [0.3, 0.4) is 0 Å². The summed E-state index contributed by atoms with van der Waals surface area (Å²) in [5.41, 5.74) is 4.56. The summed E-state index contributed by atoms with van der Waals surface area (Å²) in [5, 5.41) is 3.69. The van der Waals surface area contributed by atoms with Gasteiger partial charge in [0.1, 0.15) is 12.4 Å². The molecule has 0 aliphatic heterocycles. The average Bonchev–Trinajstić information content (AvgIpc) is 3.09. The molecule has 1 saturated carbocycles. The van der Waals surface area contributed by atoms with Crippen molar-refractivity contribution in [3.8, 4) is 0 Å². The van der Waals surface area contributed by atoms with E-state index in [0.29, 0.717) is 11.0 Å². The van der Waals surface area contributed by atoms with E-state index in [-0.39, 0.29) is 29.1 Å². The molecule has 4 N–H and O–H groups in total. The molecule has 3 rings (SSSR count). The van der Waals surface area contributed by atoms with Gasteiger partial charge in [0, 0.05) is 16.5 Å². The molecule has 8 heteroatoms. The number of carbonyl (C=O) groups excluding carboxylic acids is 1. The van der Waals surface area contributed by atoms with Gasteiger partial charge in [-0.1, -0.05) is 37.5 Å². The van der Waals surface area contributed by atoms with Gasteiger partial charge in [0.05, 0.1) is 12.8 Å². The maximum absolute atomic E-state index is 12.5. The van der Waals surface area contributed by atoms with Gasteiger partial charge in [-0.15, -0.1) is 11.8 Å². The van der Waals surface area contributed by atoms with E-state index >= 15 is 0 Å². The number of amides is 1. The molecule has 2 aromatic rings. The monoisotopic (exact) mass is 453 g/mol. The smallest absolute Gasteiger partial charge is 0.245 e. The number of nitrogens with two attached hydrogens (primary N) is 1. The number of halogens is 1. The lowest BCUT2D eigenvalue weighted by atomic mass is 10.0. The highest BCUT2D eigenvalue weighted by Gasteiger charge is 2.21. The number of nitrogens with one attached hydrogen (secondary N) is 2. The highest BCUT2D eigenvalue weighted by atomic mass is 79.9. The van der Waals surface area contributed by atoms with E-state index in [4.69, 9.17) is 5.84 Å². The molecule has 1 aromatic heterocycles. The Balaban J connectivity index is 0.00000261. The highest BCUT2D eigenvalue weighted by molar-refractivity contribution is 8.00. The van der Waals surface area contributed by atoms with Crippen LogP contribution in [0.2, 0.25) is 0 Å². The Morgan fingerprint density at radius 3 is 2.74 bits per heavy atom. The molecule has 1 atom stereocenters. The Kier molecular flexibility index (Phi) is 8.82. The van der Waals surface area contributed by atoms with Gasteiger partial charge >= 0.3 is 0 Å². The lowest BCUT2D eigenvalue weighted by Gasteiger charge is -2.21. The Hall–Kier alpha value is -1.35. The Bertz CT molecular complexity index is 732. The quantitative estimate of drug-likeness (QED) is 0.295. The van der Waals surface area contributed by atoms with E-state index in [2.05, 4.69) is 10.7 Å². The molecule has 0 radical (unpaired) electrons. The molecule has 1 unspecified atom stereocenters. The van der Waals surface area contributed by atoms with Crippen molar-refractivity contribution in [2.75, 3.05) is 11.1 Å². The summed E-state index contributed by atoms with van der Waals surface area (Å²) in [5.74, 6) is 6.35. The van der Waals surface area contributed by atoms with E-state index in [1.54, 1.807) is 11.8 Å². The number of aryl methyl sites for hydroxylation is 1. The number of rotatable bonds is 7. The zero-order valence-corrected chi connectivity index (χ0v) is 18.0. The van der Waals surface area contributed by atoms with Gasteiger partial charge in [0.15, 0.2) is 6.17 Å². The minimum Gasteiger partial charge on any atom is -1.00 e. The molecular weight excluding hydrogens is 426 g/mol. The summed E-state index contributed by atoms with van der Waals surface area (Å²) in [6.45, 7) is 0. The van der Waals surface area contributed by atoms with Crippen LogP contribution < -0.4 is 38.1 Å². The first kappa shape index (κ1) is 21.9. The molecule has 0 spiro atoms. The van der Waals surface area contributed by atoms with Crippen LogP contribution in [-0.2, 0) is 11.8 Å². The SMILES string of the molecule is C[n+]1ccn(C(NN)c2ccccc2NC(=O)CSC2CCCCC2)c1.[Br-]. The second kappa shape index (κ2) is 10.8. The van der Waals surface area contributed by atoms with Crippen LogP contribution in [0.4, 0.5) is 5.69 Å². The zero-order valence-electron chi connectivity index (χ0n) is 15.6. The van der Waals surface area contributed by atoms with Crippen molar-refractivity contribution in [3.63, 3.8) is 0 Å².